The topological polar surface area (TPSA) is 79.5 Å². The lowest BCUT2D eigenvalue weighted by molar-refractivity contribution is 0.116. The van der Waals surface area contributed by atoms with Crippen molar-refractivity contribution in [3.8, 4) is 11.5 Å². The molecule has 0 spiro atoms. The second-order valence-corrected chi connectivity index (χ2v) is 10.0. The summed E-state index contributed by atoms with van der Waals surface area (Å²) in [5.74, 6) is -0.810. The Morgan fingerprint density at radius 1 is 1.12 bits per heavy atom. The maximum Gasteiger partial charge on any atom is 0.314 e. The Morgan fingerprint density at radius 2 is 1.84 bits per heavy atom. The number of benzene rings is 2. The number of hydrogen-bond acceptors (Lipinski definition) is 5. The number of anilines is 1. The number of alkyl halides is 2. The molecule has 4 rings (SSSR count). The van der Waals surface area contributed by atoms with Crippen LogP contribution in [-0.2, 0) is 28.5 Å². The zero-order valence-corrected chi connectivity index (χ0v) is 18.3. The molecular weight excluding hydrogens is 465 g/mol. The van der Waals surface area contributed by atoms with Crippen molar-refractivity contribution >= 4 is 27.7 Å². The molecule has 2 heterocycles. The van der Waals surface area contributed by atoms with Gasteiger partial charge in [0.15, 0.2) is 11.2 Å². The molecule has 0 aliphatic carbocycles. The first kappa shape index (κ1) is 22.6. The smallest absolute Gasteiger partial charge is 0.314 e. The molecule has 1 saturated heterocycles. The van der Waals surface area contributed by atoms with Crippen LogP contribution in [0.5, 0.6) is 0 Å². The minimum absolute atomic E-state index is 0.00551. The molecule has 1 fully saturated rings. The first-order valence-corrected chi connectivity index (χ1v) is 12.2. The van der Waals surface area contributed by atoms with E-state index in [9.17, 15) is 21.6 Å². The highest BCUT2D eigenvalue weighted by molar-refractivity contribution is 7.86. The van der Waals surface area contributed by atoms with E-state index in [4.69, 9.17) is 4.42 Å². The van der Waals surface area contributed by atoms with Gasteiger partial charge in [0.25, 0.3) is 5.89 Å². The highest BCUT2D eigenvalue weighted by atomic mass is 32.2. The molecule has 1 aromatic heterocycles. The van der Waals surface area contributed by atoms with E-state index >= 15 is 0 Å². The van der Waals surface area contributed by atoms with Crippen LogP contribution in [0.1, 0.15) is 17.9 Å². The molecular formula is C20H19F3N4O3S2. The minimum atomic E-state index is -2.91. The summed E-state index contributed by atoms with van der Waals surface area (Å²) in [7, 11) is -0.920. The highest BCUT2D eigenvalue weighted by Crippen LogP contribution is 2.27. The van der Waals surface area contributed by atoms with E-state index in [-0.39, 0.29) is 23.6 Å². The van der Waals surface area contributed by atoms with Crippen LogP contribution in [0.15, 0.2) is 52.9 Å². The third-order valence-corrected chi connectivity index (χ3v) is 7.63. The van der Waals surface area contributed by atoms with Gasteiger partial charge in [-0.1, -0.05) is 24.3 Å². The first-order valence-electron chi connectivity index (χ1n) is 9.67. The second-order valence-electron chi connectivity index (χ2n) is 6.93. The van der Waals surface area contributed by atoms with E-state index in [1.807, 2.05) is 6.07 Å². The predicted molar refractivity (Wildman–Crippen MR) is 115 cm³/mol. The summed E-state index contributed by atoms with van der Waals surface area (Å²) in [6, 6.07) is 13.0. The van der Waals surface area contributed by atoms with Gasteiger partial charge in [0.1, 0.15) is 5.82 Å². The van der Waals surface area contributed by atoms with Gasteiger partial charge in [0.2, 0.25) is 5.89 Å². The van der Waals surface area contributed by atoms with E-state index in [2.05, 4.69) is 10.2 Å². The number of para-hydroxylation sites is 1. The number of hydrogen-bond donors (Lipinski definition) is 0. The monoisotopic (exact) mass is 484 g/mol. The van der Waals surface area contributed by atoms with Crippen molar-refractivity contribution in [1.82, 2.24) is 14.5 Å². The lowest BCUT2D eigenvalue weighted by Gasteiger charge is -2.32. The normalized spacial score (nSPS) is 16.4. The average Bonchev–Trinajstić information content (AvgIpc) is 3.30. The minimum Gasteiger partial charge on any atom is -0.415 e. The van der Waals surface area contributed by atoms with Crippen LogP contribution in [0.3, 0.4) is 0 Å². The number of rotatable bonds is 7. The van der Waals surface area contributed by atoms with Gasteiger partial charge in [-0.3, -0.25) is 8.51 Å². The number of aromatic nitrogens is 2. The molecule has 1 atom stereocenters. The molecule has 0 bridgehead atoms. The maximum absolute atomic E-state index is 14.9. The van der Waals surface area contributed by atoms with Crippen LogP contribution in [-0.4, -0.2) is 47.5 Å². The van der Waals surface area contributed by atoms with Crippen molar-refractivity contribution in [3.05, 3.63) is 65.8 Å². The molecule has 2 aromatic carbocycles. The van der Waals surface area contributed by atoms with E-state index in [1.165, 1.54) is 12.1 Å². The largest absolute Gasteiger partial charge is 0.415 e. The van der Waals surface area contributed by atoms with Gasteiger partial charge < -0.3 is 4.42 Å². The van der Waals surface area contributed by atoms with Crippen LogP contribution < -0.4 is 4.31 Å². The molecule has 12 heteroatoms. The van der Waals surface area contributed by atoms with E-state index in [1.54, 1.807) is 32.9 Å². The Balaban J connectivity index is 1.59. The van der Waals surface area contributed by atoms with Crippen molar-refractivity contribution in [2.24, 2.45) is 0 Å². The van der Waals surface area contributed by atoms with Gasteiger partial charge in [-0.25, -0.2) is 12.9 Å². The third kappa shape index (κ3) is 5.08. The van der Waals surface area contributed by atoms with Crippen LogP contribution in [0.4, 0.5) is 18.9 Å². The molecule has 3 aromatic rings. The Kier molecular flexibility index (Phi) is 7.01. The van der Waals surface area contributed by atoms with E-state index < -0.39 is 40.1 Å². The SMILES string of the molecule is O=S1CCN(S(=O)N(Cc2ccc(-c3nnc(C(F)F)o3)cc2F)c2ccccc2)CC1. The van der Waals surface area contributed by atoms with Gasteiger partial charge in [-0.2, -0.15) is 8.78 Å². The summed E-state index contributed by atoms with van der Waals surface area (Å²) in [5, 5.41) is 6.78. The van der Waals surface area contributed by atoms with Gasteiger partial charge in [-0.05, 0) is 24.3 Å². The van der Waals surface area contributed by atoms with Gasteiger partial charge in [0, 0.05) is 46.5 Å². The number of nitrogens with zero attached hydrogens (tertiary/aromatic N) is 4. The Morgan fingerprint density at radius 3 is 2.47 bits per heavy atom. The van der Waals surface area contributed by atoms with Crippen molar-refractivity contribution in [2.75, 3.05) is 28.9 Å². The quantitative estimate of drug-likeness (QED) is 0.513. The van der Waals surface area contributed by atoms with Crippen LogP contribution >= 0.6 is 0 Å². The van der Waals surface area contributed by atoms with E-state index in [0.717, 1.165) is 6.07 Å². The zero-order chi connectivity index (χ0) is 22.7. The Bertz CT molecular complexity index is 1120. The van der Waals surface area contributed by atoms with Gasteiger partial charge >= 0.3 is 6.43 Å². The summed E-state index contributed by atoms with van der Waals surface area (Å²) >= 11 is -1.62. The second kappa shape index (κ2) is 9.92. The first-order chi connectivity index (χ1) is 15.4. The van der Waals surface area contributed by atoms with Gasteiger partial charge in [0.05, 0.1) is 12.2 Å². The molecule has 1 aliphatic heterocycles. The summed E-state index contributed by atoms with van der Waals surface area (Å²) in [4.78, 5) is 0. The van der Waals surface area contributed by atoms with Crippen molar-refractivity contribution in [3.63, 3.8) is 0 Å². The lowest BCUT2D eigenvalue weighted by Crippen LogP contribution is -2.45. The summed E-state index contributed by atoms with van der Waals surface area (Å²) in [5.41, 5.74) is 1.05. The average molecular weight is 485 g/mol. The van der Waals surface area contributed by atoms with E-state index in [0.29, 0.717) is 30.3 Å². The fraction of sp³-hybridized carbons (Fsp3) is 0.300. The summed E-state index contributed by atoms with van der Waals surface area (Å²) < 4.78 is 73.4. The molecule has 0 amide bonds. The molecule has 0 saturated carbocycles. The summed E-state index contributed by atoms with van der Waals surface area (Å²) in [6.07, 6.45) is -2.91. The molecule has 0 N–H and O–H groups in total. The van der Waals surface area contributed by atoms with Crippen LogP contribution in [0.2, 0.25) is 0 Å². The summed E-state index contributed by atoms with van der Waals surface area (Å²) in [6.45, 7) is 0.815. The Hall–Kier alpha value is -2.57. The van der Waals surface area contributed by atoms with Crippen molar-refractivity contribution < 1.29 is 26.0 Å². The fourth-order valence-electron chi connectivity index (χ4n) is 3.15. The maximum atomic E-state index is 14.9. The zero-order valence-electron chi connectivity index (χ0n) is 16.7. The number of halogens is 3. The molecule has 1 aliphatic rings. The van der Waals surface area contributed by atoms with Crippen molar-refractivity contribution in [2.45, 2.75) is 13.0 Å². The third-order valence-electron chi connectivity index (χ3n) is 4.83. The van der Waals surface area contributed by atoms with Gasteiger partial charge in [-0.15, -0.1) is 10.2 Å². The van der Waals surface area contributed by atoms with Crippen molar-refractivity contribution in [1.29, 1.82) is 0 Å². The predicted octanol–water partition coefficient (Wildman–Crippen LogP) is 3.46. The molecule has 1 unspecified atom stereocenters. The van der Waals surface area contributed by atoms with Crippen LogP contribution in [0, 0.1) is 5.82 Å². The Labute approximate surface area is 187 Å². The lowest BCUT2D eigenvalue weighted by atomic mass is 10.1. The highest BCUT2D eigenvalue weighted by Gasteiger charge is 2.26. The standard InChI is InChI=1S/C20H19F3N4O3S2/c21-17-12-14(19-24-25-20(30-19)18(22)23)6-7-15(17)13-27(16-4-2-1-3-5-16)32(29)26-8-10-31(28)11-9-26/h1-7,12,18H,8-11,13H2. The fourth-order valence-corrected chi connectivity index (χ4v) is 5.76. The molecule has 7 nitrogen and oxygen atoms in total. The van der Waals surface area contributed by atoms with Crippen LogP contribution in [0.25, 0.3) is 11.5 Å². The molecule has 0 radical (unpaired) electrons. The molecule has 32 heavy (non-hydrogen) atoms. The molecule has 170 valence electrons.